The molecule has 0 fully saturated rings. The molecule has 1 atom stereocenters. The summed E-state index contributed by atoms with van der Waals surface area (Å²) in [6.45, 7) is 2.69. The smallest absolute Gasteiger partial charge is 0.236 e. The second-order valence-corrected chi connectivity index (χ2v) is 4.64. The van der Waals surface area contributed by atoms with Gasteiger partial charge in [0.2, 0.25) is 5.91 Å². The Morgan fingerprint density at radius 3 is 2.55 bits per heavy atom. The van der Waals surface area contributed by atoms with Crippen LogP contribution in [0.3, 0.4) is 0 Å². The average Bonchev–Trinajstić information content (AvgIpc) is 2.44. The number of carbonyl (C=O) groups excluding carboxylic acids is 1. The van der Waals surface area contributed by atoms with Gasteiger partial charge in [-0.2, -0.15) is 0 Å². The average molecular weight is 301 g/mol. The molecule has 4 nitrogen and oxygen atoms in total. The van der Waals surface area contributed by atoms with Gasteiger partial charge in [0.05, 0.1) is 13.2 Å². The third-order valence-corrected chi connectivity index (χ3v) is 3.04. The molecule has 0 spiro atoms. The standard InChI is InChI=1S/C15H24N2O2.ClH/c1-3-5-14(16)15(18)17-11-4-6-12-7-9-13(19-2)10-8-12;/h7-10,14H,3-6,11,16H2,1-2H3,(H,17,18);1H. The van der Waals surface area contributed by atoms with Crippen molar-refractivity contribution in [3.63, 3.8) is 0 Å². The maximum atomic E-state index is 11.6. The van der Waals surface area contributed by atoms with E-state index in [0.29, 0.717) is 6.54 Å². The summed E-state index contributed by atoms with van der Waals surface area (Å²) in [6, 6.07) is 7.62. The van der Waals surface area contributed by atoms with Crippen LogP contribution in [-0.4, -0.2) is 25.6 Å². The first-order valence-corrected chi connectivity index (χ1v) is 6.83. The number of hydrogen-bond donors (Lipinski definition) is 2. The van der Waals surface area contributed by atoms with E-state index in [1.54, 1.807) is 7.11 Å². The number of nitrogens with one attached hydrogen (secondary N) is 1. The van der Waals surface area contributed by atoms with Crippen molar-refractivity contribution in [1.29, 1.82) is 0 Å². The summed E-state index contributed by atoms with van der Waals surface area (Å²) in [5, 5.41) is 2.87. The summed E-state index contributed by atoms with van der Waals surface area (Å²) in [5.41, 5.74) is 6.97. The molecule has 1 aromatic carbocycles. The first-order valence-electron chi connectivity index (χ1n) is 6.83. The Labute approximate surface area is 127 Å². The number of rotatable bonds is 8. The number of hydrogen-bond acceptors (Lipinski definition) is 3. The quantitative estimate of drug-likeness (QED) is 0.724. The van der Waals surface area contributed by atoms with Gasteiger partial charge < -0.3 is 15.8 Å². The summed E-state index contributed by atoms with van der Waals surface area (Å²) in [5.74, 6) is 0.819. The fourth-order valence-electron chi connectivity index (χ4n) is 1.87. The Bertz CT molecular complexity index is 382. The normalized spacial score (nSPS) is 11.3. The second kappa shape index (κ2) is 10.5. The summed E-state index contributed by atoms with van der Waals surface area (Å²) < 4.78 is 5.10. The van der Waals surface area contributed by atoms with Crippen LogP contribution in [0.2, 0.25) is 0 Å². The van der Waals surface area contributed by atoms with Crippen LogP contribution >= 0.6 is 12.4 Å². The third-order valence-electron chi connectivity index (χ3n) is 3.04. The molecule has 3 N–H and O–H groups in total. The first kappa shape index (κ1) is 18.7. The molecule has 0 aliphatic rings. The summed E-state index contributed by atoms with van der Waals surface area (Å²) in [7, 11) is 1.66. The number of carbonyl (C=O) groups is 1. The zero-order valence-corrected chi connectivity index (χ0v) is 13.0. The predicted octanol–water partition coefficient (Wildman–Crippen LogP) is 2.29. The van der Waals surface area contributed by atoms with Gasteiger partial charge in [-0.05, 0) is 37.0 Å². The Kier molecular flexibility index (Phi) is 9.86. The molecule has 1 rings (SSSR count). The van der Waals surface area contributed by atoms with Crippen molar-refractivity contribution >= 4 is 18.3 Å². The van der Waals surface area contributed by atoms with Crippen molar-refractivity contribution in [3.05, 3.63) is 29.8 Å². The lowest BCUT2D eigenvalue weighted by Gasteiger charge is -2.11. The highest BCUT2D eigenvalue weighted by atomic mass is 35.5. The van der Waals surface area contributed by atoms with Crippen LogP contribution in [0.4, 0.5) is 0 Å². The zero-order valence-electron chi connectivity index (χ0n) is 12.2. The van der Waals surface area contributed by atoms with Gasteiger partial charge in [-0.3, -0.25) is 4.79 Å². The van der Waals surface area contributed by atoms with Gasteiger partial charge in [0.25, 0.3) is 0 Å². The molecule has 0 aliphatic carbocycles. The van der Waals surface area contributed by atoms with Crippen LogP contribution in [0.25, 0.3) is 0 Å². The van der Waals surface area contributed by atoms with Gasteiger partial charge in [-0.1, -0.05) is 25.5 Å². The van der Waals surface area contributed by atoms with Gasteiger partial charge in [-0.15, -0.1) is 12.4 Å². The second-order valence-electron chi connectivity index (χ2n) is 4.64. The highest BCUT2D eigenvalue weighted by Crippen LogP contribution is 2.12. The Balaban J connectivity index is 0.00000361. The zero-order chi connectivity index (χ0) is 14.1. The van der Waals surface area contributed by atoms with E-state index in [1.165, 1.54) is 5.56 Å². The van der Waals surface area contributed by atoms with Crippen molar-refractivity contribution in [2.45, 2.75) is 38.6 Å². The van der Waals surface area contributed by atoms with Gasteiger partial charge >= 0.3 is 0 Å². The summed E-state index contributed by atoms with van der Waals surface area (Å²) >= 11 is 0. The van der Waals surface area contributed by atoms with Crippen LogP contribution in [-0.2, 0) is 11.2 Å². The maximum Gasteiger partial charge on any atom is 0.236 e. The lowest BCUT2D eigenvalue weighted by molar-refractivity contribution is -0.122. The van der Waals surface area contributed by atoms with Crippen molar-refractivity contribution < 1.29 is 9.53 Å². The molecule has 0 heterocycles. The van der Waals surface area contributed by atoms with Gasteiger partial charge in [0, 0.05) is 6.54 Å². The van der Waals surface area contributed by atoms with Crippen LogP contribution in [0.1, 0.15) is 31.7 Å². The molecular formula is C15H25ClN2O2. The van der Waals surface area contributed by atoms with Gasteiger partial charge in [0.1, 0.15) is 5.75 Å². The number of benzene rings is 1. The number of nitrogens with two attached hydrogens (primary N) is 1. The highest BCUT2D eigenvalue weighted by molar-refractivity contribution is 5.85. The molecule has 0 bridgehead atoms. The van der Waals surface area contributed by atoms with Crippen LogP contribution in [0.15, 0.2) is 24.3 Å². The number of halogens is 1. The fraction of sp³-hybridized carbons (Fsp3) is 0.533. The van der Waals surface area contributed by atoms with Crippen molar-refractivity contribution in [1.82, 2.24) is 5.32 Å². The Morgan fingerprint density at radius 1 is 1.35 bits per heavy atom. The van der Waals surface area contributed by atoms with E-state index < -0.39 is 0 Å². The van der Waals surface area contributed by atoms with E-state index in [0.717, 1.165) is 31.4 Å². The lowest BCUT2D eigenvalue weighted by Crippen LogP contribution is -2.40. The third kappa shape index (κ3) is 6.78. The van der Waals surface area contributed by atoms with E-state index in [1.807, 2.05) is 31.2 Å². The molecule has 0 aliphatic heterocycles. The molecule has 0 aromatic heterocycles. The van der Waals surface area contributed by atoms with Crippen molar-refractivity contribution in [2.24, 2.45) is 5.73 Å². The number of amides is 1. The summed E-state index contributed by atoms with van der Waals surface area (Å²) in [4.78, 5) is 11.6. The highest BCUT2D eigenvalue weighted by Gasteiger charge is 2.10. The summed E-state index contributed by atoms with van der Waals surface area (Å²) in [6.07, 6.45) is 3.52. The minimum atomic E-state index is -0.369. The molecule has 5 heteroatoms. The van der Waals surface area contributed by atoms with Gasteiger partial charge in [-0.25, -0.2) is 0 Å². The minimum Gasteiger partial charge on any atom is -0.497 e. The molecule has 1 aromatic rings. The van der Waals surface area contributed by atoms with Gasteiger partial charge in [0.15, 0.2) is 0 Å². The largest absolute Gasteiger partial charge is 0.497 e. The van der Waals surface area contributed by atoms with Crippen LogP contribution in [0.5, 0.6) is 5.75 Å². The lowest BCUT2D eigenvalue weighted by atomic mass is 10.1. The molecule has 1 unspecified atom stereocenters. The maximum absolute atomic E-state index is 11.6. The number of ether oxygens (including phenoxy) is 1. The molecular weight excluding hydrogens is 276 g/mol. The molecule has 1 amide bonds. The number of aryl methyl sites for hydroxylation is 1. The van der Waals surface area contributed by atoms with E-state index >= 15 is 0 Å². The van der Waals surface area contributed by atoms with E-state index in [9.17, 15) is 4.79 Å². The first-order chi connectivity index (χ1) is 9.17. The Morgan fingerprint density at radius 2 is 2.00 bits per heavy atom. The Hall–Kier alpha value is -1.26. The number of methoxy groups -OCH3 is 1. The molecule has 0 saturated heterocycles. The van der Waals surface area contributed by atoms with Crippen LogP contribution in [0, 0.1) is 0 Å². The van der Waals surface area contributed by atoms with E-state index in [2.05, 4.69) is 5.32 Å². The topological polar surface area (TPSA) is 64.4 Å². The molecule has 20 heavy (non-hydrogen) atoms. The van der Waals surface area contributed by atoms with Crippen molar-refractivity contribution in [2.75, 3.05) is 13.7 Å². The SMILES string of the molecule is CCCC(N)C(=O)NCCCc1ccc(OC)cc1.Cl. The van der Waals surface area contributed by atoms with Crippen molar-refractivity contribution in [3.8, 4) is 5.75 Å². The molecule has 0 radical (unpaired) electrons. The predicted molar refractivity (Wildman–Crippen MR) is 84.5 cm³/mol. The van der Waals surface area contributed by atoms with E-state index in [-0.39, 0.29) is 24.4 Å². The minimum absolute atomic E-state index is 0. The van der Waals surface area contributed by atoms with Crippen LogP contribution < -0.4 is 15.8 Å². The molecule has 0 saturated carbocycles. The molecule has 114 valence electrons. The fourth-order valence-corrected chi connectivity index (χ4v) is 1.87. The monoisotopic (exact) mass is 300 g/mol. The van der Waals surface area contributed by atoms with E-state index in [4.69, 9.17) is 10.5 Å².